The fourth-order valence-corrected chi connectivity index (χ4v) is 5.66. The van der Waals surface area contributed by atoms with Gasteiger partial charge in [-0.25, -0.2) is 8.42 Å². The van der Waals surface area contributed by atoms with Crippen molar-refractivity contribution in [2.24, 2.45) is 0 Å². The van der Waals surface area contributed by atoms with E-state index in [1.807, 2.05) is 0 Å². The number of anilines is 4. The second-order valence-electron chi connectivity index (χ2n) is 9.17. The summed E-state index contributed by atoms with van der Waals surface area (Å²) in [5.41, 5.74) is 3.47. The van der Waals surface area contributed by atoms with E-state index in [1.54, 1.807) is 66.7 Å². The molecule has 11 nitrogen and oxygen atoms in total. The van der Waals surface area contributed by atoms with Crippen LogP contribution in [0.4, 0.5) is 28.4 Å². The van der Waals surface area contributed by atoms with Gasteiger partial charge in [-0.3, -0.25) is 19.7 Å². The first kappa shape index (κ1) is 27.3. The molecule has 0 bridgehead atoms. The largest absolute Gasteiger partial charge is 0.490 e. The Morgan fingerprint density at radius 2 is 1.63 bits per heavy atom. The number of amides is 2. The van der Waals surface area contributed by atoms with E-state index in [9.17, 15) is 28.1 Å². The SMILES string of the molecule is COc1cc(-c2ccc3c(c2)Nc2ccc(NC(=O)CCS(=O)(=O)c4ccccc4)cc2NC3=O)ccc1[N+](=O)[O-]. The molecule has 208 valence electrons. The molecule has 4 aromatic carbocycles. The molecule has 0 saturated heterocycles. The minimum absolute atomic E-state index is 0.116. The van der Waals surface area contributed by atoms with E-state index in [-0.39, 0.29) is 34.4 Å². The molecule has 4 aromatic rings. The molecule has 0 aromatic heterocycles. The van der Waals surface area contributed by atoms with Gasteiger partial charge in [0.1, 0.15) is 0 Å². The molecule has 5 rings (SSSR count). The van der Waals surface area contributed by atoms with Crippen molar-refractivity contribution >= 4 is 50.1 Å². The number of methoxy groups -OCH3 is 1. The number of rotatable bonds is 8. The Balaban J connectivity index is 1.33. The minimum atomic E-state index is -3.60. The van der Waals surface area contributed by atoms with Crippen LogP contribution in [0.15, 0.2) is 89.8 Å². The number of hydrogen-bond acceptors (Lipinski definition) is 8. The zero-order chi connectivity index (χ0) is 29.1. The van der Waals surface area contributed by atoms with Crippen LogP contribution in [0.5, 0.6) is 5.75 Å². The quantitative estimate of drug-likeness (QED) is 0.188. The Labute approximate surface area is 235 Å². The highest BCUT2D eigenvalue weighted by Crippen LogP contribution is 2.38. The summed E-state index contributed by atoms with van der Waals surface area (Å²) in [7, 11) is -2.25. The second kappa shape index (κ2) is 11.1. The summed E-state index contributed by atoms with van der Waals surface area (Å²) in [5.74, 6) is -1.09. The van der Waals surface area contributed by atoms with Crippen LogP contribution >= 0.6 is 0 Å². The molecule has 1 aliphatic heterocycles. The van der Waals surface area contributed by atoms with Crippen molar-refractivity contribution < 1.29 is 27.7 Å². The number of nitro benzene ring substituents is 1. The maximum Gasteiger partial charge on any atom is 0.310 e. The molecule has 12 heteroatoms. The van der Waals surface area contributed by atoms with Gasteiger partial charge < -0.3 is 20.7 Å². The van der Waals surface area contributed by atoms with E-state index in [1.165, 1.54) is 25.3 Å². The van der Waals surface area contributed by atoms with E-state index in [0.29, 0.717) is 39.4 Å². The molecule has 0 spiro atoms. The average Bonchev–Trinajstić information content (AvgIpc) is 3.11. The topological polar surface area (TPSA) is 157 Å². The lowest BCUT2D eigenvalue weighted by atomic mass is 10.0. The highest BCUT2D eigenvalue weighted by Gasteiger charge is 2.22. The Hall–Kier alpha value is -5.23. The normalized spacial score (nSPS) is 12.2. The summed E-state index contributed by atoms with van der Waals surface area (Å²) in [6.07, 6.45) is -0.236. The molecule has 3 N–H and O–H groups in total. The number of sulfone groups is 1. The van der Waals surface area contributed by atoms with Gasteiger partial charge in [-0.05, 0) is 65.7 Å². The van der Waals surface area contributed by atoms with Gasteiger partial charge in [0.15, 0.2) is 15.6 Å². The number of nitrogens with zero attached hydrogens (tertiary/aromatic N) is 1. The number of carbonyl (C=O) groups excluding carboxylic acids is 2. The lowest BCUT2D eigenvalue weighted by molar-refractivity contribution is -0.385. The van der Waals surface area contributed by atoms with Gasteiger partial charge in [0, 0.05) is 18.2 Å². The van der Waals surface area contributed by atoms with Crippen molar-refractivity contribution in [3.8, 4) is 16.9 Å². The van der Waals surface area contributed by atoms with Crippen molar-refractivity contribution in [2.75, 3.05) is 28.8 Å². The van der Waals surface area contributed by atoms with Gasteiger partial charge in [0.2, 0.25) is 5.91 Å². The molecule has 41 heavy (non-hydrogen) atoms. The van der Waals surface area contributed by atoms with Crippen molar-refractivity contribution in [3.05, 3.63) is 101 Å². The van der Waals surface area contributed by atoms with Crippen LogP contribution < -0.4 is 20.7 Å². The third-order valence-corrected chi connectivity index (χ3v) is 8.23. The molecule has 0 fully saturated rings. The van der Waals surface area contributed by atoms with Crippen LogP contribution in [0.1, 0.15) is 16.8 Å². The molecule has 2 amide bonds. The lowest BCUT2D eigenvalue weighted by Crippen LogP contribution is -2.17. The Morgan fingerprint density at radius 3 is 2.37 bits per heavy atom. The Bertz CT molecular complexity index is 1790. The summed E-state index contributed by atoms with van der Waals surface area (Å²) >= 11 is 0. The van der Waals surface area contributed by atoms with E-state index in [4.69, 9.17) is 4.74 Å². The summed E-state index contributed by atoms with van der Waals surface area (Å²) in [4.78, 5) is 36.4. The predicted molar refractivity (Wildman–Crippen MR) is 155 cm³/mol. The van der Waals surface area contributed by atoms with Gasteiger partial charge in [-0.1, -0.05) is 24.3 Å². The number of carbonyl (C=O) groups is 2. The van der Waals surface area contributed by atoms with Gasteiger partial charge in [0.05, 0.1) is 45.3 Å². The number of nitrogens with one attached hydrogen (secondary N) is 3. The summed E-state index contributed by atoms with van der Waals surface area (Å²) in [5, 5.41) is 20.0. The molecule has 0 unspecified atom stereocenters. The van der Waals surface area contributed by atoms with E-state index in [0.717, 1.165) is 0 Å². The molecular formula is C29H24N4O7S. The molecule has 0 saturated carbocycles. The molecular weight excluding hydrogens is 548 g/mol. The summed E-state index contributed by atoms with van der Waals surface area (Å²) < 4.78 is 30.1. The number of fused-ring (bicyclic) bond motifs is 2. The van der Waals surface area contributed by atoms with Crippen LogP contribution in [-0.4, -0.2) is 38.0 Å². The second-order valence-corrected chi connectivity index (χ2v) is 11.3. The highest BCUT2D eigenvalue weighted by molar-refractivity contribution is 7.91. The number of ether oxygens (including phenoxy) is 1. The average molecular weight is 573 g/mol. The van der Waals surface area contributed by atoms with Crippen LogP contribution in [-0.2, 0) is 14.6 Å². The van der Waals surface area contributed by atoms with Crippen LogP contribution in [0.3, 0.4) is 0 Å². The first-order valence-corrected chi connectivity index (χ1v) is 14.1. The van der Waals surface area contributed by atoms with Crippen LogP contribution in [0.25, 0.3) is 11.1 Å². The Kier molecular flexibility index (Phi) is 7.40. The first-order chi connectivity index (χ1) is 19.6. The summed E-state index contributed by atoms with van der Waals surface area (Å²) in [6.45, 7) is 0. The number of benzene rings is 4. The van der Waals surface area contributed by atoms with Crippen molar-refractivity contribution in [1.82, 2.24) is 0 Å². The zero-order valence-electron chi connectivity index (χ0n) is 21.7. The standard InChI is InChI=1S/C29H24N4O7S/c1-40-27-16-19(8-12-26(27)33(36)37)18-7-10-22-24(15-18)31-23-11-9-20(17-25(23)32-29(22)35)30-28(34)13-14-41(38,39)21-5-3-2-4-6-21/h2-12,15-17,31H,13-14H2,1H3,(H,30,34)(H,32,35). The van der Waals surface area contributed by atoms with Gasteiger partial charge in [0.25, 0.3) is 5.91 Å². The van der Waals surface area contributed by atoms with Gasteiger partial charge in [-0.15, -0.1) is 0 Å². The Morgan fingerprint density at radius 1 is 0.902 bits per heavy atom. The maximum atomic E-state index is 13.0. The van der Waals surface area contributed by atoms with E-state index in [2.05, 4.69) is 16.0 Å². The van der Waals surface area contributed by atoms with E-state index >= 15 is 0 Å². The molecule has 1 aliphatic rings. The molecule has 1 heterocycles. The van der Waals surface area contributed by atoms with Crippen LogP contribution in [0, 0.1) is 10.1 Å². The molecule has 0 radical (unpaired) electrons. The van der Waals surface area contributed by atoms with Crippen LogP contribution in [0.2, 0.25) is 0 Å². The van der Waals surface area contributed by atoms with Crippen molar-refractivity contribution in [2.45, 2.75) is 11.3 Å². The monoisotopic (exact) mass is 572 g/mol. The van der Waals surface area contributed by atoms with Gasteiger partial charge in [-0.2, -0.15) is 0 Å². The van der Waals surface area contributed by atoms with Crippen molar-refractivity contribution in [3.63, 3.8) is 0 Å². The fraction of sp³-hybridized carbons (Fsp3) is 0.103. The highest BCUT2D eigenvalue weighted by atomic mass is 32.2. The molecule has 0 atom stereocenters. The van der Waals surface area contributed by atoms with Crippen molar-refractivity contribution in [1.29, 1.82) is 0 Å². The third kappa shape index (κ3) is 5.87. The molecule has 0 aliphatic carbocycles. The maximum absolute atomic E-state index is 13.0. The minimum Gasteiger partial charge on any atom is -0.490 e. The fourth-order valence-electron chi connectivity index (χ4n) is 4.40. The summed E-state index contributed by atoms with van der Waals surface area (Å²) in [6, 6.07) is 22.5. The third-order valence-electron chi connectivity index (χ3n) is 6.49. The first-order valence-electron chi connectivity index (χ1n) is 12.4. The number of nitro groups is 1. The lowest BCUT2D eigenvalue weighted by Gasteiger charge is -2.12. The van der Waals surface area contributed by atoms with Gasteiger partial charge >= 0.3 is 5.69 Å². The van der Waals surface area contributed by atoms with E-state index < -0.39 is 20.7 Å². The zero-order valence-corrected chi connectivity index (χ0v) is 22.5. The predicted octanol–water partition coefficient (Wildman–Crippen LogP) is 5.38. The number of hydrogen-bond donors (Lipinski definition) is 3. The smallest absolute Gasteiger partial charge is 0.310 e.